The predicted molar refractivity (Wildman–Crippen MR) is 166 cm³/mol. The monoisotopic (exact) mass is 570 g/mol. The normalized spacial score (nSPS) is 13.8. The minimum atomic E-state index is -0.622. The summed E-state index contributed by atoms with van der Waals surface area (Å²) in [6, 6.07) is 20.5. The largest absolute Gasteiger partial charge is 0.390 e. The Hall–Kier alpha value is -1.97. The summed E-state index contributed by atoms with van der Waals surface area (Å²) in [4.78, 5) is 11.2. The molecule has 0 aromatic heterocycles. The molecule has 0 radical (unpaired) electrons. The summed E-state index contributed by atoms with van der Waals surface area (Å²) >= 11 is 3.36. The summed E-state index contributed by atoms with van der Waals surface area (Å²) < 4.78 is 0. The highest BCUT2D eigenvalue weighted by atomic mass is 79.9. The second-order valence-corrected chi connectivity index (χ2v) is 11.6. The maximum absolute atomic E-state index is 11.2. The fraction of sp³-hybridized carbons (Fsp3) is 0.500. The van der Waals surface area contributed by atoms with Crippen LogP contribution in [0.2, 0.25) is 0 Å². The van der Waals surface area contributed by atoms with E-state index < -0.39 is 5.60 Å². The van der Waals surface area contributed by atoms with Crippen molar-refractivity contribution >= 4 is 21.7 Å². The van der Waals surface area contributed by atoms with Crippen molar-refractivity contribution < 1.29 is 9.90 Å². The third-order valence-electron chi connectivity index (χ3n) is 5.85. The lowest BCUT2D eigenvalue weighted by Crippen LogP contribution is -2.35. The number of halogens is 1. The molecule has 0 spiro atoms. The molecule has 2 rings (SSSR count). The van der Waals surface area contributed by atoms with Crippen molar-refractivity contribution in [2.24, 2.45) is 23.7 Å². The molecular weight excluding hydrogens is 520 g/mol. The molecule has 3 atom stereocenters. The molecule has 2 aromatic rings. The van der Waals surface area contributed by atoms with Crippen molar-refractivity contribution in [3.63, 3.8) is 0 Å². The van der Waals surface area contributed by atoms with E-state index >= 15 is 0 Å². The number of aliphatic hydroxyl groups is 1. The first-order chi connectivity index (χ1) is 17.4. The highest BCUT2D eigenvalue weighted by molar-refractivity contribution is 9.08. The van der Waals surface area contributed by atoms with Crippen LogP contribution in [-0.2, 0) is 16.5 Å². The Morgan fingerprint density at radius 1 is 0.784 bits per heavy atom. The number of carbonyl (C=O) groups excluding carboxylic acids is 1. The van der Waals surface area contributed by atoms with E-state index in [4.69, 9.17) is 0 Å². The number of carbonyl (C=O) groups is 1. The van der Waals surface area contributed by atoms with Crippen LogP contribution in [0.5, 0.6) is 0 Å². The van der Waals surface area contributed by atoms with Gasteiger partial charge in [0.05, 0.1) is 5.60 Å². The predicted octanol–water partition coefficient (Wildman–Crippen LogP) is 9.61. The van der Waals surface area contributed by atoms with Crippen molar-refractivity contribution in [3.8, 4) is 0 Å². The highest BCUT2D eigenvalue weighted by Crippen LogP contribution is 2.29. The van der Waals surface area contributed by atoms with Crippen LogP contribution in [0.4, 0.5) is 0 Å². The van der Waals surface area contributed by atoms with Gasteiger partial charge in [-0.15, -0.1) is 13.2 Å². The minimum absolute atomic E-state index is 0.334. The zero-order chi connectivity index (χ0) is 28.3. The Morgan fingerprint density at radius 2 is 1.27 bits per heavy atom. The van der Waals surface area contributed by atoms with Crippen molar-refractivity contribution in [1.29, 1.82) is 0 Å². The van der Waals surface area contributed by atoms with E-state index in [0.29, 0.717) is 42.3 Å². The molecular formula is C34H51BrO2. The third-order valence-corrected chi connectivity index (χ3v) is 6.50. The molecule has 0 bridgehead atoms. The van der Waals surface area contributed by atoms with Gasteiger partial charge in [0.15, 0.2) is 0 Å². The van der Waals surface area contributed by atoms with E-state index in [1.807, 2.05) is 55.5 Å². The average Bonchev–Trinajstić information content (AvgIpc) is 2.84. The summed E-state index contributed by atoms with van der Waals surface area (Å²) in [5.41, 5.74) is 1.91. The zero-order valence-electron chi connectivity index (χ0n) is 24.1. The van der Waals surface area contributed by atoms with Crippen LogP contribution in [-0.4, -0.2) is 16.5 Å². The number of alkyl halides is 1. The fourth-order valence-corrected chi connectivity index (χ4v) is 4.57. The molecule has 37 heavy (non-hydrogen) atoms. The van der Waals surface area contributed by atoms with Crippen LogP contribution in [0.15, 0.2) is 86.0 Å². The zero-order valence-corrected chi connectivity index (χ0v) is 25.7. The van der Waals surface area contributed by atoms with E-state index in [1.54, 1.807) is 0 Å². The Balaban J connectivity index is 0.000000579. The second-order valence-electron chi connectivity index (χ2n) is 11.1. The molecule has 0 aliphatic heterocycles. The number of Topliss-reactive ketones (excluding diaryl/α,β-unsaturated/α-hetero) is 1. The molecule has 1 N–H and O–H groups in total. The maximum Gasteiger partial charge on any atom is 0.133 e. The molecule has 206 valence electrons. The number of benzene rings is 2. The number of hydrogen-bond donors (Lipinski definition) is 1. The minimum Gasteiger partial charge on any atom is -0.390 e. The van der Waals surface area contributed by atoms with Crippen molar-refractivity contribution in [1.82, 2.24) is 0 Å². The van der Waals surface area contributed by atoms with Crippen LogP contribution >= 0.6 is 15.9 Å². The van der Waals surface area contributed by atoms with Gasteiger partial charge in [-0.05, 0) is 47.6 Å². The lowest BCUT2D eigenvalue weighted by molar-refractivity contribution is -0.120. The van der Waals surface area contributed by atoms with Crippen LogP contribution in [0.3, 0.4) is 0 Å². The summed E-state index contributed by atoms with van der Waals surface area (Å²) in [5.74, 6) is 2.02. The van der Waals surface area contributed by atoms with Crippen LogP contribution < -0.4 is 0 Å². The van der Waals surface area contributed by atoms with Gasteiger partial charge < -0.3 is 5.11 Å². The fourth-order valence-electron chi connectivity index (χ4n) is 4.19. The van der Waals surface area contributed by atoms with E-state index in [0.717, 1.165) is 24.6 Å². The molecule has 0 fully saturated rings. The summed E-state index contributed by atoms with van der Waals surface area (Å²) in [7, 11) is 0. The molecule has 0 saturated carbocycles. The van der Waals surface area contributed by atoms with Gasteiger partial charge in [0.25, 0.3) is 0 Å². The SMILES string of the molecule is BrCc1ccccc1.C=CC(C)CC(=O)CC(C)C.C=CC(C)CC(O)(Cc1ccccc1)CC(C)C. The first-order valence-electron chi connectivity index (χ1n) is 13.6. The van der Waals surface area contributed by atoms with Crippen molar-refractivity contribution in [2.75, 3.05) is 0 Å². The van der Waals surface area contributed by atoms with Crippen LogP contribution in [0.1, 0.15) is 78.4 Å². The van der Waals surface area contributed by atoms with E-state index in [2.05, 4.69) is 88.0 Å². The second kappa shape index (κ2) is 20.1. The Morgan fingerprint density at radius 3 is 1.65 bits per heavy atom. The standard InChI is InChI=1S/C17H26O.C10H18O.C7H7Br/c1-5-15(4)12-17(18,11-14(2)3)13-16-9-7-6-8-10-16;1-5-9(4)7-10(11)6-8(2)3;8-6-7-4-2-1-3-5-7/h5-10,14-15,18H,1,11-13H2,2-4H3;5,8-9H,1,6-7H2,2-4H3;1-5H,6H2. The molecule has 3 unspecified atom stereocenters. The molecule has 0 amide bonds. The van der Waals surface area contributed by atoms with Gasteiger partial charge in [0.1, 0.15) is 5.78 Å². The van der Waals surface area contributed by atoms with Gasteiger partial charge in [-0.25, -0.2) is 0 Å². The first-order valence-corrected chi connectivity index (χ1v) is 14.7. The number of allylic oxidation sites excluding steroid dienone is 2. The van der Waals surface area contributed by atoms with Crippen LogP contribution in [0.25, 0.3) is 0 Å². The molecule has 0 saturated heterocycles. The molecule has 0 aliphatic carbocycles. The Labute approximate surface area is 236 Å². The Bertz CT molecular complexity index is 860. The lowest BCUT2D eigenvalue weighted by atomic mass is 9.80. The van der Waals surface area contributed by atoms with E-state index in [-0.39, 0.29) is 0 Å². The molecule has 2 aromatic carbocycles. The molecule has 3 heteroatoms. The van der Waals surface area contributed by atoms with Crippen LogP contribution in [0, 0.1) is 23.7 Å². The summed E-state index contributed by atoms with van der Waals surface area (Å²) in [6.45, 7) is 20.0. The topological polar surface area (TPSA) is 37.3 Å². The molecule has 0 aliphatic rings. The highest BCUT2D eigenvalue weighted by Gasteiger charge is 2.29. The van der Waals surface area contributed by atoms with Crippen molar-refractivity contribution in [3.05, 3.63) is 97.1 Å². The quantitative estimate of drug-likeness (QED) is 0.192. The van der Waals surface area contributed by atoms with Gasteiger partial charge in [0.2, 0.25) is 0 Å². The van der Waals surface area contributed by atoms with Crippen molar-refractivity contribution in [2.45, 2.75) is 84.6 Å². The Kier molecular flexibility index (Phi) is 19.0. The van der Waals surface area contributed by atoms with Gasteiger partial charge in [-0.2, -0.15) is 0 Å². The first kappa shape index (κ1) is 35.0. The van der Waals surface area contributed by atoms with Gasteiger partial charge in [-0.3, -0.25) is 4.79 Å². The average molecular weight is 572 g/mol. The third kappa shape index (κ3) is 18.9. The number of ketones is 1. The molecule has 0 heterocycles. The summed E-state index contributed by atoms with van der Waals surface area (Å²) in [6.07, 6.45) is 7.46. The van der Waals surface area contributed by atoms with Gasteiger partial charge >= 0.3 is 0 Å². The number of rotatable bonds is 13. The van der Waals surface area contributed by atoms with E-state index in [9.17, 15) is 9.90 Å². The smallest absolute Gasteiger partial charge is 0.133 e. The lowest BCUT2D eigenvalue weighted by Gasteiger charge is -2.32. The van der Waals surface area contributed by atoms with Gasteiger partial charge in [-0.1, -0.05) is 130 Å². The molecule has 2 nitrogen and oxygen atoms in total. The van der Waals surface area contributed by atoms with Gasteiger partial charge in [0, 0.05) is 24.6 Å². The number of hydrogen-bond acceptors (Lipinski definition) is 2. The summed E-state index contributed by atoms with van der Waals surface area (Å²) in [5, 5.41) is 11.8. The maximum atomic E-state index is 11.2. The van der Waals surface area contributed by atoms with E-state index in [1.165, 1.54) is 11.1 Å².